The van der Waals surface area contributed by atoms with Gasteiger partial charge in [-0.3, -0.25) is 0 Å². The molecule has 0 aliphatic carbocycles. The van der Waals surface area contributed by atoms with E-state index in [0.29, 0.717) is 13.1 Å². The Labute approximate surface area is 145 Å². The molecule has 25 heavy (non-hydrogen) atoms. The highest BCUT2D eigenvalue weighted by molar-refractivity contribution is 5.71. The third-order valence-corrected chi connectivity index (χ3v) is 4.41. The van der Waals surface area contributed by atoms with Gasteiger partial charge < -0.3 is 25.0 Å². The number of fused-ring (bicyclic) bond motifs is 2. The maximum absolute atomic E-state index is 12.5. The van der Waals surface area contributed by atoms with Crippen LogP contribution in [0.25, 0.3) is 0 Å². The van der Waals surface area contributed by atoms with Gasteiger partial charge >= 0.3 is 12.7 Å². The second-order valence-electron chi connectivity index (χ2n) is 7.43. The van der Waals surface area contributed by atoms with E-state index in [1.54, 1.807) is 17.0 Å². The van der Waals surface area contributed by atoms with Crippen molar-refractivity contribution in [3.05, 3.63) is 18.2 Å². The van der Waals surface area contributed by atoms with Gasteiger partial charge in [-0.25, -0.2) is 4.79 Å². The zero-order chi connectivity index (χ0) is 18.4. The largest absolute Gasteiger partial charge is 0.444 e. The number of nitrogens with two attached hydrogens (primary N) is 1. The predicted octanol–water partition coefficient (Wildman–Crippen LogP) is 3.07. The molecular formula is C17H23F2N3O3. The molecule has 2 bridgehead atoms. The zero-order valence-corrected chi connectivity index (χ0v) is 14.5. The fraction of sp³-hybridized carbons (Fsp3) is 0.588. The van der Waals surface area contributed by atoms with Crippen LogP contribution in [0.3, 0.4) is 0 Å². The first-order valence-electron chi connectivity index (χ1n) is 8.24. The van der Waals surface area contributed by atoms with Crippen molar-refractivity contribution in [2.45, 2.75) is 51.5 Å². The molecule has 2 N–H and O–H groups in total. The van der Waals surface area contributed by atoms with Gasteiger partial charge in [-0.1, -0.05) is 0 Å². The zero-order valence-electron chi connectivity index (χ0n) is 14.5. The molecule has 0 radical (unpaired) electrons. The van der Waals surface area contributed by atoms with Gasteiger partial charge in [0.15, 0.2) is 5.75 Å². The Kier molecular flexibility index (Phi) is 4.38. The van der Waals surface area contributed by atoms with Gasteiger partial charge in [0.25, 0.3) is 0 Å². The molecule has 2 saturated heterocycles. The summed E-state index contributed by atoms with van der Waals surface area (Å²) < 4.78 is 34.9. The molecule has 2 aliphatic heterocycles. The van der Waals surface area contributed by atoms with Gasteiger partial charge in [-0.15, -0.1) is 0 Å². The number of rotatable bonds is 3. The van der Waals surface area contributed by atoms with Crippen LogP contribution < -0.4 is 15.4 Å². The van der Waals surface area contributed by atoms with Crippen molar-refractivity contribution < 1.29 is 23.0 Å². The summed E-state index contributed by atoms with van der Waals surface area (Å²) in [4.78, 5) is 16.1. The van der Waals surface area contributed by atoms with E-state index in [9.17, 15) is 13.6 Å². The van der Waals surface area contributed by atoms with Crippen molar-refractivity contribution in [1.82, 2.24) is 4.90 Å². The number of ether oxygens (including phenoxy) is 2. The standard InChI is InChI=1S/C17H23F2N3O3/c1-17(2,3)25-16(23)22-9-11-6-12(22)8-21(11)10-4-5-13(20)14(7-10)24-15(18)19/h4-5,7,11-12,15H,6,8-9,20H2,1-3H3/t11-,12?/m1/s1. The minimum absolute atomic E-state index is 0.0285. The Morgan fingerprint density at radius 3 is 2.56 bits per heavy atom. The van der Waals surface area contributed by atoms with Crippen LogP contribution in [0, 0.1) is 0 Å². The SMILES string of the molecule is CC(C)(C)OC(=O)N1C[C@H]2CC1CN2c1ccc(N)c(OC(F)F)c1. The smallest absolute Gasteiger partial charge is 0.410 e. The monoisotopic (exact) mass is 355 g/mol. The molecule has 0 saturated carbocycles. The van der Waals surface area contributed by atoms with Crippen molar-refractivity contribution in [3.8, 4) is 5.75 Å². The van der Waals surface area contributed by atoms with Gasteiger partial charge in [0.05, 0.1) is 11.7 Å². The highest BCUT2D eigenvalue weighted by atomic mass is 19.3. The normalized spacial score (nSPS) is 22.6. The van der Waals surface area contributed by atoms with E-state index in [0.717, 1.165) is 12.1 Å². The number of hydrogen-bond acceptors (Lipinski definition) is 5. The van der Waals surface area contributed by atoms with Crippen molar-refractivity contribution >= 4 is 17.5 Å². The average Bonchev–Trinajstić information content (AvgIpc) is 3.07. The Balaban J connectivity index is 1.70. The van der Waals surface area contributed by atoms with Gasteiger partial charge in [-0.2, -0.15) is 8.78 Å². The first kappa shape index (κ1) is 17.6. The first-order valence-corrected chi connectivity index (χ1v) is 8.24. The fourth-order valence-electron chi connectivity index (χ4n) is 3.43. The second kappa shape index (κ2) is 6.24. The van der Waals surface area contributed by atoms with Crippen molar-refractivity contribution in [1.29, 1.82) is 0 Å². The Hall–Kier alpha value is -2.25. The molecule has 138 valence electrons. The number of likely N-dealkylation sites (tertiary alicyclic amines) is 1. The molecule has 2 heterocycles. The molecule has 0 aromatic heterocycles. The number of halogens is 2. The second-order valence-corrected chi connectivity index (χ2v) is 7.43. The lowest BCUT2D eigenvalue weighted by Crippen LogP contribution is -2.50. The van der Waals surface area contributed by atoms with Crippen LogP contribution in [-0.4, -0.2) is 48.4 Å². The lowest BCUT2D eigenvalue weighted by atomic mass is 10.2. The molecule has 2 fully saturated rings. The molecule has 3 rings (SSSR count). The van der Waals surface area contributed by atoms with Crippen LogP contribution in [-0.2, 0) is 4.74 Å². The molecule has 1 unspecified atom stereocenters. The highest BCUT2D eigenvalue weighted by Crippen LogP contribution is 2.38. The summed E-state index contributed by atoms with van der Waals surface area (Å²) in [6, 6.07) is 5.05. The highest BCUT2D eigenvalue weighted by Gasteiger charge is 2.46. The van der Waals surface area contributed by atoms with E-state index in [4.69, 9.17) is 10.5 Å². The maximum Gasteiger partial charge on any atom is 0.410 e. The number of alkyl halides is 2. The number of amides is 1. The van der Waals surface area contributed by atoms with E-state index in [-0.39, 0.29) is 29.6 Å². The topological polar surface area (TPSA) is 68.0 Å². The molecule has 1 aromatic rings. The van der Waals surface area contributed by atoms with Crippen molar-refractivity contribution in [2.75, 3.05) is 23.7 Å². The first-order chi connectivity index (χ1) is 11.6. The molecular weight excluding hydrogens is 332 g/mol. The summed E-state index contributed by atoms with van der Waals surface area (Å²) in [5, 5.41) is 0. The Bertz CT molecular complexity index is 663. The third-order valence-electron chi connectivity index (χ3n) is 4.41. The summed E-state index contributed by atoms with van der Waals surface area (Å²) in [5.41, 5.74) is 6.09. The molecule has 6 nitrogen and oxygen atoms in total. The molecule has 1 aromatic carbocycles. The van der Waals surface area contributed by atoms with Crippen LogP contribution in [0.4, 0.5) is 25.0 Å². The van der Waals surface area contributed by atoms with Crippen LogP contribution in [0.1, 0.15) is 27.2 Å². The van der Waals surface area contributed by atoms with Crippen LogP contribution in [0.2, 0.25) is 0 Å². The van der Waals surface area contributed by atoms with E-state index < -0.39 is 12.2 Å². The lowest BCUT2D eigenvalue weighted by molar-refractivity contribution is -0.0493. The summed E-state index contributed by atoms with van der Waals surface area (Å²) in [5.74, 6) is -0.0285. The van der Waals surface area contributed by atoms with Gasteiger partial charge in [0, 0.05) is 30.9 Å². The molecule has 8 heteroatoms. The Morgan fingerprint density at radius 2 is 2.00 bits per heavy atom. The quantitative estimate of drug-likeness (QED) is 0.844. The summed E-state index contributed by atoms with van der Waals surface area (Å²) >= 11 is 0. The number of carbonyl (C=O) groups excluding carboxylic acids is 1. The third kappa shape index (κ3) is 3.72. The number of anilines is 2. The van der Waals surface area contributed by atoms with Crippen molar-refractivity contribution in [3.63, 3.8) is 0 Å². The van der Waals surface area contributed by atoms with Crippen molar-refractivity contribution in [2.24, 2.45) is 0 Å². The fourth-order valence-corrected chi connectivity index (χ4v) is 3.43. The van der Waals surface area contributed by atoms with Gasteiger partial charge in [-0.05, 0) is 39.3 Å². The van der Waals surface area contributed by atoms with E-state index in [2.05, 4.69) is 9.64 Å². The Morgan fingerprint density at radius 1 is 1.28 bits per heavy atom. The number of hydrogen-bond donors (Lipinski definition) is 1. The number of nitrogens with zero attached hydrogens (tertiary/aromatic N) is 2. The van der Waals surface area contributed by atoms with Gasteiger partial charge in [0.2, 0.25) is 0 Å². The lowest BCUT2D eigenvalue weighted by Gasteiger charge is -2.36. The van der Waals surface area contributed by atoms with E-state index in [1.165, 1.54) is 6.07 Å². The van der Waals surface area contributed by atoms with E-state index in [1.807, 2.05) is 20.8 Å². The van der Waals surface area contributed by atoms with Crippen LogP contribution in [0.15, 0.2) is 18.2 Å². The minimum atomic E-state index is -2.92. The summed E-state index contributed by atoms with van der Waals surface area (Å²) in [6.07, 6.45) is 0.521. The summed E-state index contributed by atoms with van der Waals surface area (Å²) in [6.45, 7) is 3.77. The molecule has 0 spiro atoms. The average molecular weight is 355 g/mol. The molecule has 1 amide bonds. The number of carbonyl (C=O) groups is 1. The van der Waals surface area contributed by atoms with Crippen LogP contribution >= 0.6 is 0 Å². The van der Waals surface area contributed by atoms with Crippen LogP contribution in [0.5, 0.6) is 5.75 Å². The molecule has 2 aliphatic rings. The van der Waals surface area contributed by atoms with E-state index >= 15 is 0 Å². The van der Waals surface area contributed by atoms with Gasteiger partial charge in [0.1, 0.15) is 5.60 Å². The summed E-state index contributed by atoms with van der Waals surface area (Å²) in [7, 11) is 0. The predicted molar refractivity (Wildman–Crippen MR) is 90.0 cm³/mol. The number of benzene rings is 1. The minimum Gasteiger partial charge on any atom is -0.444 e. The maximum atomic E-state index is 12.5. The number of piperazine rings is 1. The molecule has 2 atom stereocenters. The number of nitrogen functional groups attached to an aromatic ring is 1.